The van der Waals surface area contributed by atoms with E-state index in [0.29, 0.717) is 29.4 Å². The van der Waals surface area contributed by atoms with Crippen LogP contribution in [0.2, 0.25) is 5.02 Å². The summed E-state index contributed by atoms with van der Waals surface area (Å²) < 4.78 is 6.14. The van der Waals surface area contributed by atoms with E-state index in [1.807, 2.05) is 6.07 Å². The molecule has 0 aliphatic carbocycles. The van der Waals surface area contributed by atoms with Gasteiger partial charge in [-0.25, -0.2) is 4.98 Å². The lowest BCUT2D eigenvalue weighted by molar-refractivity contribution is 0.150. The van der Waals surface area contributed by atoms with E-state index in [1.165, 1.54) is 42.5 Å². The molecule has 39 heavy (non-hydrogen) atoms. The number of ether oxygens (including phenoxy) is 1. The molecule has 0 radical (unpaired) electrons. The van der Waals surface area contributed by atoms with Crippen LogP contribution < -0.4 is 30.9 Å². The molecular formula is C29H37ClN7OP. The number of halogens is 1. The van der Waals surface area contributed by atoms with Crippen LogP contribution in [0.1, 0.15) is 18.4 Å². The number of para-hydroxylation sites is 1. The number of benzene rings is 2. The minimum Gasteiger partial charge on any atom is -0.491 e. The SMILES string of the molecule is CP(C)c1ccccc1Nc1nc(Nc2ccc(N3CCC(N4CCNCC4)CC3)c3c2OCC3)ncc1Cl. The van der Waals surface area contributed by atoms with Crippen LogP contribution >= 0.6 is 19.5 Å². The fraction of sp³-hybridized carbons (Fsp3) is 0.448. The Labute approximate surface area is 237 Å². The highest BCUT2D eigenvalue weighted by Crippen LogP contribution is 2.42. The predicted octanol–water partition coefficient (Wildman–Crippen LogP) is 4.79. The van der Waals surface area contributed by atoms with Crippen molar-refractivity contribution in [2.24, 2.45) is 0 Å². The molecule has 3 aliphatic rings. The molecule has 0 saturated carbocycles. The zero-order chi connectivity index (χ0) is 26.8. The zero-order valence-electron chi connectivity index (χ0n) is 22.7. The van der Waals surface area contributed by atoms with Crippen LogP contribution in [0.5, 0.6) is 5.75 Å². The number of fused-ring (bicyclic) bond motifs is 1. The maximum Gasteiger partial charge on any atom is 0.229 e. The molecule has 0 unspecified atom stereocenters. The van der Waals surface area contributed by atoms with Crippen molar-refractivity contribution in [2.75, 3.05) is 74.7 Å². The average molecular weight is 566 g/mol. The number of piperazine rings is 1. The van der Waals surface area contributed by atoms with Crippen molar-refractivity contribution in [3.05, 3.63) is 53.2 Å². The fourth-order valence-corrected chi connectivity index (χ4v) is 7.06. The lowest BCUT2D eigenvalue weighted by atomic mass is 10.00. The second-order valence-electron chi connectivity index (χ2n) is 10.6. The molecule has 2 aromatic carbocycles. The van der Waals surface area contributed by atoms with Crippen molar-refractivity contribution in [1.29, 1.82) is 0 Å². The first-order valence-electron chi connectivity index (χ1n) is 13.9. The Bertz CT molecular complexity index is 1310. The quantitative estimate of drug-likeness (QED) is 0.353. The summed E-state index contributed by atoms with van der Waals surface area (Å²) in [4.78, 5) is 14.4. The molecule has 0 amide bonds. The highest BCUT2D eigenvalue weighted by Gasteiger charge is 2.29. The molecule has 3 aromatic rings. The topological polar surface area (TPSA) is 77.6 Å². The summed E-state index contributed by atoms with van der Waals surface area (Å²) >= 11 is 6.50. The summed E-state index contributed by atoms with van der Waals surface area (Å²) in [5, 5.41) is 12.1. The van der Waals surface area contributed by atoms with E-state index in [2.05, 4.69) is 74.4 Å². The minimum absolute atomic E-state index is 0.278. The predicted molar refractivity (Wildman–Crippen MR) is 164 cm³/mol. The van der Waals surface area contributed by atoms with Crippen LogP contribution in [-0.4, -0.2) is 80.1 Å². The van der Waals surface area contributed by atoms with E-state index >= 15 is 0 Å². The molecule has 206 valence electrons. The lowest BCUT2D eigenvalue weighted by Crippen LogP contribution is -2.52. The Morgan fingerprint density at radius 3 is 2.59 bits per heavy atom. The molecule has 10 heteroatoms. The highest BCUT2D eigenvalue weighted by atomic mass is 35.5. The zero-order valence-corrected chi connectivity index (χ0v) is 24.4. The van der Waals surface area contributed by atoms with Gasteiger partial charge in [0.05, 0.1) is 18.5 Å². The number of anilines is 5. The summed E-state index contributed by atoms with van der Waals surface area (Å²) in [6.45, 7) is 11.9. The third kappa shape index (κ3) is 5.80. The number of nitrogens with zero attached hydrogens (tertiary/aromatic N) is 4. The minimum atomic E-state index is -0.278. The van der Waals surface area contributed by atoms with Gasteiger partial charge in [0.2, 0.25) is 5.95 Å². The van der Waals surface area contributed by atoms with Gasteiger partial charge in [-0.2, -0.15) is 4.98 Å². The number of aromatic nitrogens is 2. The van der Waals surface area contributed by atoms with Gasteiger partial charge in [0.1, 0.15) is 10.8 Å². The lowest BCUT2D eigenvalue weighted by Gasteiger charge is -2.41. The molecular weight excluding hydrogens is 529 g/mol. The van der Waals surface area contributed by atoms with E-state index in [9.17, 15) is 0 Å². The van der Waals surface area contributed by atoms with E-state index in [0.717, 1.165) is 49.7 Å². The Hall–Kier alpha value is -2.64. The summed E-state index contributed by atoms with van der Waals surface area (Å²) in [7, 11) is -0.278. The van der Waals surface area contributed by atoms with Gasteiger partial charge in [-0.3, -0.25) is 4.90 Å². The maximum atomic E-state index is 6.50. The number of hydrogen-bond donors (Lipinski definition) is 3. The molecule has 0 atom stereocenters. The van der Waals surface area contributed by atoms with Gasteiger partial charge < -0.3 is 25.6 Å². The van der Waals surface area contributed by atoms with Gasteiger partial charge in [0.25, 0.3) is 0 Å². The summed E-state index contributed by atoms with van der Waals surface area (Å²) in [6, 6.07) is 13.3. The molecule has 4 heterocycles. The second kappa shape index (κ2) is 11.8. The first-order valence-corrected chi connectivity index (χ1v) is 16.5. The van der Waals surface area contributed by atoms with E-state index in [-0.39, 0.29) is 7.92 Å². The highest BCUT2D eigenvalue weighted by molar-refractivity contribution is 7.64. The average Bonchev–Trinajstić information content (AvgIpc) is 3.46. The maximum absolute atomic E-state index is 6.50. The van der Waals surface area contributed by atoms with E-state index in [1.54, 1.807) is 6.20 Å². The summed E-state index contributed by atoms with van der Waals surface area (Å²) in [6.07, 6.45) is 4.98. The largest absolute Gasteiger partial charge is 0.491 e. The molecule has 8 nitrogen and oxygen atoms in total. The number of piperidine rings is 1. The molecule has 1 aromatic heterocycles. The first-order chi connectivity index (χ1) is 19.1. The number of rotatable bonds is 7. The van der Waals surface area contributed by atoms with Gasteiger partial charge >= 0.3 is 0 Å². The van der Waals surface area contributed by atoms with Crippen molar-refractivity contribution in [2.45, 2.75) is 25.3 Å². The van der Waals surface area contributed by atoms with Gasteiger partial charge in [-0.15, -0.1) is 0 Å². The molecule has 3 aliphatic heterocycles. The van der Waals surface area contributed by atoms with Crippen molar-refractivity contribution >= 4 is 53.7 Å². The van der Waals surface area contributed by atoms with Crippen LogP contribution in [0.15, 0.2) is 42.6 Å². The van der Waals surface area contributed by atoms with Crippen LogP contribution in [0.4, 0.5) is 28.8 Å². The van der Waals surface area contributed by atoms with Crippen LogP contribution in [-0.2, 0) is 6.42 Å². The monoisotopic (exact) mass is 565 g/mol. The standard InChI is InChI=1S/C29H37ClN7OP/c1-39(2)26-6-4-3-5-23(26)33-28-22(30)19-32-29(35-28)34-24-7-8-25(21-11-18-38-27(21)24)37-14-9-20(10-15-37)36-16-12-31-13-17-36/h3-8,19-20,31H,9-18H2,1-2H3,(H2,32,33,34,35). The van der Waals surface area contributed by atoms with Crippen molar-refractivity contribution < 1.29 is 4.74 Å². The normalized spacial score (nSPS) is 18.2. The summed E-state index contributed by atoms with van der Waals surface area (Å²) in [5.74, 6) is 1.98. The Morgan fingerprint density at radius 1 is 1.00 bits per heavy atom. The van der Waals surface area contributed by atoms with Gasteiger partial charge in [-0.05, 0) is 49.7 Å². The molecule has 0 bridgehead atoms. The molecule has 3 N–H and O–H groups in total. The number of hydrogen-bond acceptors (Lipinski definition) is 8. The third-order valence-electron chi connectivity index (χ3n) is 7.94. The van der Waals surface area contributed by atoms with Crippen molar-refractivity contribution in [1.82, 2.24) is 20.2 Å². The van der Waals surface area contributed by atoms with E-state index in [4.69, 9.17) is 21.3 Å². The van der Waals surface area contributed by atoms with Crippen LogP contribution in [0.3, 0.4) is 0 Å². The second-order valence-corrected chi connectivity index (χ2v) is 13.3. The smallest absolute Gasteiger partial charge is 0.229 e. The van der Waals surface area contributed by atoms with E-state index < -0.39 is 0 Å². The van der Waals surface area contributed by atoms with Crippen molar-refractivity contribution in [3.8, 4) is 5.75 Å². The molecule has 2 saturated heterocycles. The van der Waals surface area contributed by atoms with Crippen molar-refractivity contribution in [3.63, 3.8) is 0 Å². The van der Waals surface area contributed by atoms with Crippen LogP contribution in [0, 0.1) is 0 Å². The van der Waals surface area contributed by atoms with Gasteiger partial charge in [0.15, 0.2) is 5.82 Å². The summed E-state index contributed by atoms with van der Waals surface area (Å²) in [5.41, 5.74) is 4.50. The molecule has 2 fully saturated rings. The van der Waals surface area contributed by atoms with Gasteiger partial charge in [-0.1, -0.05) is 37.7 Å². The first kappa shape index (κ1) is 26.6. The Morgan fingerprint density at radius 2 is 1.79 bits per heavy atom. The van der Waals surface area contributed by atoms with Gasteiger partial charge in [0, 0.05) is 68.7 Å². The third-order valence-corrected chi connectivity index (χ3v) is 9.57. The Kier molecular flexibility index (Phi) is 8.07. The van der Waals surface area contributed by atoms with Crippen LogP contribution in [0.25, 0.3) is 0 Å². The molecule has 6 rings (SSSR count). The fourth-order valence-electron chi connectivity index (χ4n) is 5.93. The molecule has 0 spiro atoms. The number of nitrogens with one attached hydrogen (secondary N) is 3. The Balaban J connectivity index is 1.18.